The number of hydrogen-bond donors (Lipinski definition) is 1. The average Bonchev–Trinajstić information content (AvgIpc) is 3.09. The van der Waals surface area contributed by atoms with Gasteiger partial charge in [-0.2, -0.15) is 0 Å². The Kier molecular flexibility index (Phi) is 4.08. The number of thiophene rings is 1. The van der Waals surface area contributed by atoms with Gasteiger partial charge in [-0.3, -0.25) is 14.4 Å². The van der Waals surface area contributed by atoms with Crippen LogP contribution in [0.2, 0.25) is 5.02 Å². The molecule has 1 aromatic heterocycles. The van der Waals surface area contributed by atoms with E-state index in [9.17, 15) is 14.4 Å². The first-order chi connectivity index (χ1) is 14.1. The molecule has 0 unspecified atom stereocenters. The molecule has 6 heteroatoms. The van der Waals surface area contributed by atoms with E-state index in [1.165, 1.54) is 11.3 Å². The largest absolute Gasteiger partial charge is 0.321 e. The first-order valence-electron chi connectivity index (χ1n) is 8.86. The summed E-state index contributed by atoms with van der Waals surface area (Å²) in [6.45, 7) is 0. The molecule has 29 heavy (non-hydrogen) atoms. The lowest BCUT2D eigenvalue weighted by atomic mass is 9.83. The van der Waals surface area contributed by atoms with Crippen LogP contribution in [-0.2, 0) is 0 Å². The number of fused-ring (bicyclic) bond motifs is 3. The molecule has 4 nitrogen and oxygen atoms in total. The van der Waals surface area contributed by atoms with E-state index in [-0.39, 0.29) is 22.7 Å². The Morgan fingerprint density at radius 1 is 0.793 bits per heavy atom. The second-order valence-corrected chi connectivity index (χ2v) is 8.06. The summed E-state index contributed by atoms with van der Waals surface area (Å²) in [5, 5.41) is 3.96. The second kappa shape index (κ2) is 6.65. The second-order valence-electron chi connectivity index (χ2n) is 6.63. The molecule has 0 bridgehead atoms. The Labute approximate surface area is 174 Å². The molecule has 0 atom stereocenters. The Hall–Kier alpha value is -3.28. The smallest absolute Gasteiger partial charge is 0.267 e. The predicted octanol–water partition coefficient (Wildman–Crippen LogP) is 5.58. The van der Waals surface area contributed by atoms with Crippen LogP contribution in [0.5, 0.6) is 0 Å². The topological polar surface area (TPSA) is 63.2 Å². The van der Waals surface area contributed by atoms with Crippen molar-refractivity contribution >= 4 is 56.2 Å². The monoisotopic (exact) mass is 417 g/mol. The van der Waals surface area contributed by atoms with Gasteiger partial charge in [0.25, 0.3) is 5.91 Å². The maximum Gasteiger partial charge on any atom is 0.267 e. The molecule has 1 aliphatic rings. The highest BCUT2D eigenvalue weighted by Crippen LogP contribution is 2.37. The van der Waals surface area contributed by atoms with E-state index < -0.39 is 5.91 Å². The fourth-order valence-electron chi connectivity index (χ4n) is 3.59. The van der Waals surface area contributed by atoms with Crippen LogP contribution < -0.4 is 5.32 Å². The Balaban J connectivity index is 1.58. The van der Waals surface area contributed by atoms with E-state index in [4.69, 9.17) is 11.6 Å². The maximum atomic E-state index is 13.1. The van der Waals surface area contributed by atoms with Gasteiger partial charge in [0.2, 0.25) is 0 Å². The van der Waals surface area contributed by atoms with Gasteiger partial charge in [-0.1, -0.05) is 66.2 Å². The van der Waals surface area contributed by atoms with Crippen LogP contribution in [0, 0.1) is 0 Å². The SMILES string of the molecule is O=C1c2ccccc2C(=O)c2c(NC(=O)c3sc4ccccc4c3Cl)cccc21. The van der Waals surface area contributed by atoms with E-state index in [2.05, 4.69) is 5.32 Å². The summed E-state index contributed by atoms with van der Waals surface area (Å²) in [6.07, 6.45) is 0. The van der Waals surface area contributed by atoms with Crippen molar-refractivity contribution in [3.8, 4) is 0 Å². The zero-order valence-electron chi connectivity index (χ0n) is 14.9. The zero-order valence-corrected chi connectivity index (χ0v) is 16.4. The number of rotatable bonds is 2. The molecule has 0 fully saturated rings. The van der Waals surface area contributed by atoms with Crippen molar-refractivity contribution in [3.63, 3.8) is 0 Å². The number of anilines is 1. The van der Waals surface area contributed by atoms with E-state index in [0.29, 0.717) is 26.7 Å². The van der Waals surface area contributed by atoms with Crippen molar-refractivity contribution in [3.05, 3.63) is 98.9 Å². The third-order valence-corrected chi connectivity index (χ3v) is 6.62. The summed E-state index contributed by atoms with van der Waals surface area (Å²) in [4.78, 5) is 39.2. The Morgan fingerprint density at radius 2 is 1.45 bits per heavy atom. The highest BCUT2D eigenvalue weighted by molar-refractivity contribution is 7.21. The minimum absolute atomic E-state index is 0.210. The number of benzene rings is 3. The molecule has 0 spiro atoms. The lowest BCUT2D eigenvalue weighted by Gasteiger charge is -2.20. The predicted molar refractivity (Wildman–Crippen MR) is 115 cm³/mol. The van der Waals surface area contributed by atoms with Crippen LogP contribution >= 0.6 is 22.9 Å². The van der Waals surface area contributed by atoms with Gasteiger partial charge in [-0.15, -0.1) is 11.3 Å². The molecule has 1 aliphatic carbocycles. The van der Waals surface area contributed by atoms with Gasteiger partial charge >= 0.3 is 0 Å². The van der Waals surface area contributed by atoms with Gasteiger partial charge in [-0.25, -0.2) is 0 Å². The summed E-state index contributed by atoms with van der Waals surface area (Å²) in [7, 11) is 0. The number of nitrogens with one attached hydrogen (secondary N) is 1. The highest BCUT2D eigenvalue weighted by atomic mass is 35.5. The van der Waals surface area contributed by atoms with Gasteiger partial charge in [0.15, 0.2) is 11.6 Å². The molecule has 4 aromatic rings. The van der Waals surface area contributed by atoms with E-state index >= 15 is 0 Å². The lowest BCUT2D eigenvalue weighted by Crippen LogP contribution is -2.23. The molecule has 0 aliphatic heterocycles. The normalized spacial score (nSPS) is 12.6. The maximum absolute atomic E-state index is 13.1. The average molecular weight is 418 g/mol. The van der Waals surface area contributed by atoms with Crippen LogP contribution in [-0.4, -0.2) is 17.5 Å². The van der Waals surface area contributed by atoms with Crippen LogP contribution in [0.4, 0.5) is 5.69 Å². The fourth-order valence-corrected chi connectivity index (χ4v) is 5.00. The number of carbonyl (C=O) groups is 3. The van der Waals surface area contributed by atoms with E-state index in [1.54, 1.807) is 42.5 Å². The summed E-state index contributed by atoms with van der Waals surface area (Å²) in [6, 6.07) is 19.1. The van der Waals surface area contributed by atoms with Crippen molar-refractivity contribution in [2.24, 2.45) is 0 Å². The van der Waals surface area contributed by atoms with Crippen LogP contribution in [0.3, 0.4) is 0 Å². The van der Waals surface area contributed by atoms with Crippen molar-refractivity contribution < 1.29 is 14.4 Å². The minimum Gasteiger partial charge on any atom is -0.321 e. The third kappa shape index (κ3) is 2.70. The van der Waals surface area contributed by atoms with Gasteiger partial charge in [-0.05, 0) is 12.1 Å². The number of carbonyl (C=O) groups excluding carboxylic acids is 3. The Bertz CT molecular complexity index is 1360. The molecule has 1 heterocycles. The van der Waals surface area contributed by atoms with Crippen LogP contribution in [0.15, 0.2) is 66.7 Å². The lowest BCUT2D eigenvalue weighted by molar-refractivity contribution is 0.0978. The molecule has 0 saturated carbocycles. The number of halogens is 1. The van der Waals surface area contributed by atoms with Gasteiger partial charge < -0.3 is 5.32 Å². The van der Waals surface area contributed by atoms with Crippen molar-refractivity contribution in [2.45, 2.75) is 0 Å². The first-order valence-corrected chi connectivity index (χ1v) is 10.1. The van der Waals surface area contributed by atoms with E-state index in [1.807, 2.05) is 24.3 Å². The summed E-state index contributed by atoms with van der Waals surface area (Å²) < 4.78 is 0.901. The standard InChI is InChI=1S/C23H12ClNO3S/c24-19-14-8-3-4-11-17(14)29-22(19)23(28)25-16-10-5-9-15-18(16)21(27)13-7-2-1-6-12(13)20(15)26/h1-11H,(H,25,28). The molecule has 5 rings (SSSR count). The molecule has 0 radical (unpaired) electrons. The van der Waals surface area contributed by atoms with Crippen molar-refractivity contribution in [1.82, 2.24) is 0 Å². The summed E-state index contributed by atoms with van der Waals surface area (Å²) in [5.74, 6) is -0.927. The number of amides is 1. The summed E-state index contributed by atoms with van der Waals surface area (Å²) in [5.41, 5.74) is 1.51. The highest BCUT2D eigenvalue weighted by Gasteiger charge is 2.32. The Morgan fingerprint density at radius 3 is 2.21 bits per heavy atom. The zero-order chi connectivity index (χ0) is 20.1. The minimum atomic E-state index is -0.413. The van der Waals surface area contributed by atoms with Crippen LogP contribution in [0.25, 0.3) is 10.1 Å². The van der Waals surface area contributed by atoms with Gasteiger partial charge in [0.05, 0.1) is 16.3 Å². The molecule has 1 N–H and O–H groups in total. The summed E-state index contributed by atoms with van der Waals surface area (Å²) >= 11 is 7.69. The van der Waals surface area contributed by atoms with Gasteiger partial charge in [0, 0.05) is 26.8 Å². The molecule has 140 valence electrons. The molecular weight excluding hydrogens is 406 g/mol. The van der Waals surface area contributed by atoms with Gasteiger partial charge in [0.1, 0.15) is 4.88 Å². The van der Waals surface area contributed by atoms with E-state index in [0.717, 1.165) is 10.1 Å². The quantitative estimate of drug-likeness (QED) is 0.407. The number of hydrogen-bond acceptors (Lipinski definition) is 4. The molecular formula is C23H12ClNO3S. The van der Waals surface area contributed by atoms with Crippen LogP contribution in [0.1, 0.15) is 41.5 Å². The molecule has 3 aromatic carbocycles. The van der Waals surface area contributed by atoms with Crippen molar-refractivity contribution in [1.29, 1.82) is 0 Å². The molecule has 1 amide bonds. The number of ketones is 2. The first kappa shape index (κ1) is 17.8. The fraction of sp³-hybridized carbons (Fsp3) is 0. The van der Waals surface area contributed by atoms with Crippen molar-refractivity contribution in [2.75, 3.05) is 5.32 Å². The third-order valence-electron chi connectivity index (χ3n) is 4.94. The molecule has 0 saturated heterocycles.